The maximum atomic E-state index is 11.1. The molecule has 0 N–H and O–H groups in total. The van der Waals surface area contributed by atoms with Crippen LogP contribution in [0.4, 0.5) is 0 Å². The summed E-state index contributed by atoms with van der Waals surface area (Å²) in [4.78, 5) is 0. The zero-order valence-electron chi connectivity index (χ0n) is 8.93. The molecule has 1 fully saturated rings. The van der Waals surface area contributed by atoms with E-state index in [1.54, 1.807) is 0 Å². The zero-order chi connectivity index (χ0) is 9.52. The predicted molar refractivity (Wildman–Crippen MR) is 55.2 cm³/mol. The second-order valence-electron chi connectivity index (χ2n) is 4.49. The van der Waals surface area contributed by atoms with E-state index < -0.39 is 0 Å². The molecule has 1 heteroatoms. The van der Waals surface area contributed by atoms with Crippen LogP contribution >= 0.6 is 0 Å². The van der Waals surface area contributed by atoms with Crippen molar-refractivity contribution in [3.05, 3.63) is 0 Å². The lowest BCUT2D eigenvalue weighted by atomic mass is 9.84. The molecule has 77 valence electrons. The van der Waals surface area contributed by atoms with E-state index >= 15 is 0 Å². The van der Waals surface area contributed by atoms with E-state index in [4.69, 9.17) is 0 Å². The zero-order valence-corrected chi connectivity index (χ0v) is 8.93. The Labute approximate surface area is 82.5 Å². The fourth-order valence-electron chi connectivity index (χ4n) is 2.28. The van der Waals surface area contributed by atoms with Gasteiger partial charge in [-0.2, -0.15) is 0 Å². The van der Waals surface area contributed by atoms with Crippen molar-refractivity contribution in [2.24, 2.45) is 5.92 Å². The lowest BCUT2D eigenvalue weighted by molar-refractivity contribution is 0.0409. The van der Waals surface area contributed by atoms with Gasteiger partial charge in [0.25, 0.3) is 0 Å². The molecule has 1 rings (SSSR count). The van der Waals surface area contributed by atoms with Crippen LogP contribution in [0.25, 0.3) is 0 Å². The predicted octanol–water partition coefficient (Wildman–Crippen LogP) is 3.95. The average Bonchev–Trinajstić information content (AvgIpc) is 2.15. The maximum absolute atomic E-state index is 11.1. The van der Waals surface area contributed by atoms with E-state index in [9.17, 15) is 5.11 Å². The summed E-state index contributed by atoms with van der Waals surface area (Å²) in [5.74, 6) is 0.891. The first-order valence-corrected chi connectivity index (χ1v) is 5.98. The highest BCUT2D eigenvalue weighted by atomic mass is 16.3. The summed E-state index contributed by atoms with van der Waals surface area (Å²) < 4.78 is 0. The quantitative estimate of drug-likeness (QED) is 0.575. The van der Waals surface area contributed by atoms with Crippen LogP contribution < -0.4 is 0 Å². The lowest BCUT2D eigenvalue weighted by Gasteiger charge is -2.23. The van der Waals surface area contributed by atoms with Gasteiger partial charge in [0, 0.05) is 0 Å². The van der Waals surface area contributed by atoms with Gasteiger partial charge in [0.05, 0.1) is 6.10 Å². The smallest absolute Gasteiger partial charge is 0.0930 e. The topological polar surface area (TPSA) is 19.9 Å². The average molecular weight is 183 g/mol. The van der Waals surface area contributed by atoms with Crippen LogP contribution in [0.3, 0.4) is 0 Å². The monoisotopic (exact) mass is 183 g/mol. The van der Waals surface area contributed by atoms with Crippen LogP contribution in [0, 0.1) is 5.92 Å². The molecule has 1 nitrogen and oxygen atoms in total. The molecule has 0 spiro atoms. The Morgan fingerprint density at radius 2 is 1.69 bits per heavy atom. The minimum Gasteiger partial charge on any atom is -0.233 e. The molecule has 0 aromatic rings. The molecule has 1 aliphatic carbocycles. The molecule has 0 bridgehead atoms. The highest BCUT2D eigenvalue weighted by Crippen LogP contribution is 2.28. The highest BCUT2D eigenvalue weighted by Gasteiger charge is 2.19. The van der Waals surface area contributed by atoms with Gasteiger partial charge in [-0.1, -0.05) is 39.0 Å². The third-order valence-electron chi connectivity index (χ3n) is 3.26. The molecule has 0 aromatic heterocycles. The third kappa shape index (κ3) is 4.66. The maximum Gasteiger partial charge on any atom is 0.0930 e. The van der Waals surface area contributed by atoms with E-state index in [-0.39, 0.29) is 6.10 Å². The summed E-state index contributed by atoms with van der Waals surface area (Å²) in [6, 6.07) is 0. The molecule has 0 heterocycles. The summed E-state index contributed by atoms with van der Waals surface area (Å²) in [5.41, 5.74) is 0. The number of rotatable bonds is 5. The van der Waals surface area contributed by atoms with Gasteiger partial charge in [0.2, 0.25) is 0 Å². The lowest BCUT2D eigenvalue weighted by Crippen LogP contribution is -2.16. The molecule has 0 amide bonds. The van der Waals surface area contributed by atoms with Gasteiger partial charge in [0.15, 0.2) is 0 Å². The van der Waals surface area contributed by atoms with Crippen LogP contribution in [0.15, 0.2) is 0 Å². The van der Waals surface area contributed by atoms with E-state index in [0.717, 1.165) is 18.8 Å². The Bertz CT molecular complexity index is 114. The molecule has 1 saturated carbocycles. The van der Waals surface area contributed by atoms with Crippen molar-refractivity contribution in [2.45, 2.75) is 70.8 Å². The van der Waals surface area contributed by atoms with Crippen molar-refractivity contribution in [2.75, 3.05) is 0 Å². The van der Waals surface area contributed by atoms with Crippen molar-refractivity contribution in [3.8, 4) is 0 Å². The Hall–Kier alpha value is -0.0400. The molecule has 13 heavy (non-hydrogen) atoms. The number of unbranched alkanes of at least 4 members (excludes halogenated alkanes) is 3. The van der Waals surface area contributed by atoms with Crippen LogP contribution in [0.2, 0.25) is 0 Å². The highest BCUT2D eigenvalue weighted by molar-refractivity contribution is 4.71. The van der Waals surface area contributed by atoms with Crippen molar-refractivity contribution < 1.29 is 5.11 Å². The molecule has 1 radical (unpaired) electrons. The van der Waals surface area contributed by atoms with Crippen LogP contribution in [0.1, 0.15) is 64.7 Å². The van der Waals surface area contributed by atoms with Gasteiger partial charge in [-0.15, -0.1) is 0 Å². The molecule has 0 saturated heterocycles. The first kappa shape index (κ1) is 11.0. The van der Waals surface area contributed by atoms with Crippen molar-refractivity contribution in [1.82, 2.24) is 0 Å². The standard InChI is InChI=1S/C12H23O/c1-2-3-4-5-6-11-7-9-12(13)10-8-11/h11-12H,2-10H2,1H3. The van der Waals surface area contributed by atoms with Crippen molar-refractivity contribution in [1.29, 1.82) is 0 Å². The van der Waals surface area contributed by atoms with E-state index in [1.807, 2.05) is 0 Å². The normalized spacial score (nSPS) is 29.1. The Balaban J connectivity index is 1.96. The summed E-state index contributed by atoms with van der Waals surface area (Å²) in [6.07, 6.45) is 11.0. The second-order valence-corrected chi connectivity index (χ2v) is 4.49. The third-order valence-corrected chi connectivity index (χ3v) is 3.26. The molecule has 0 atom stereocenters. The second kappa shape index (κ2) is 6.42. The number of hydrogen-bond donors (Lipinski definition) is 0. The van der Waals surface area contributed by atoms with E-state index in [1.165, 1.54) is 44.9 Å². The Morgan fingerprint density at radius 1 is 1.00 bits per heavy atom. The van der Waals surface area contributed by atoms with Gasteiger partial charge in [-0.05, 0) is 31.6 Å². The fourth-order valence-corrected chi connectivity index (χ4v) is 2.28. The molecule has 0 aliphatic heterocycles. The van der Waals surface area contributed by atoms with Gasteiger partial charge in [-0.3, -0.25) is 0 Å². The molecule has 1 aliphatic rings. The first-order valence-electron chi connectivity index (χ1n) is 5.98. The van der Waals surface area contributed by atoms with Gasteiger partial charge < -0.3 is 0 Å². The first-order chi connectivity index (χ1) is 6.33. The summed E-state index contributed by atoms with van der Waals surface area (Å²) in [6.45, 7) is 2.25. The number of hydrogen-bond acceptors (Lipinski definition) is 0. The van der Waals surface area contributed by atoms with Crippen LogP contribution in [-0.2, 0) is 5.11 Å². The fraction of sp³-hybridized carbons (Fsp3) is 1.00. The summed E-state index contributed by atoms with van der Waals surface area (Å²) in [7, 11) is 0. The van der Waals surface area contributed by atoms with E-state index in [0.29, 0.717) is 0 Å². The van der Waals surface area contributed by atoms with Crippen LogP contribution in [0.5, 0.6) is 0 Å². The largest absolute Gasteiger partial charge is 0.233 e. The molecular formula is C12H23O. The molecule has 0 aromatic carbocycles. The summed E-state index contributed by atoms with van der Waals surface area (Å²) >= 11 is 0. The van der Waals surface area contributed by atoms with E-state index in [2.05, 4.69) is 6.92 Å². The molecule has 0 unspecified atom stereocenters. The Kier molecular flexibility index (Phi) is 5.45. The SMILES string of the molecule is CCCCCCC1CCC([O])CC1. The van der Waals surface area contributed by atoms with Gasteiger partial charge >= 0.3 is 0 Å². The minimum atomic E-state index is -0.230. The van der Waals surface area contributed by atoms with Gasteiger partial charge in [-0.25, -0.2) is 5.11 Å². The van der Waals surface area contributed by atoms with Crippen molar-refractivity contribution in [3.63, 3.8) is 0 Å². The van der Waals surface area contributed by atoms with Gasteiger partial charge in [0.1, 0.15) is 0 Å². The summed E-state index contributed by atoms with van der Waals surface area (Å²) in [5, 5.41) is 11.1. The van der Waals surface area contributed by atoms with Crippen LogP contribution in [-0.4, -0.2) is 6.10 Å². The minimum absolute atomic E-state index is 0.230. The Morgan fingerprint density at radius 3 is 2.31 bits per heavy atom. The molecular weight excluding hydrogens is 160 g/mol. The van der Waals surface area contributed by atoms with Crippen molar-refractivity contribution >= 4 is 0 Å².